The van der Waals surface area contributed by atoms with Gasteiger partial charge in [-0.25, -0.2) is 4.39 Å². The highest BCUT2D eigenvalue weighted by Crippen LogP contribution is 2.30. The molecule has 2 rings (SSSR count). The molecule has 0 atom stereocenters. The Morgan fingerprint density at radius 1 is 1.04 bits per heavy atom. The molecule has 23 heavy (non-hydrogen) atoms. The van der Waals surface area contributed by atoms with Crippen LogP contribution in [0.25, 0.3) is 0 Å². The summed E-state index contributed by atoms with van der Waals surface area (Å²) in [4.78, 5) is 12.1. The zero-order chi connectivity index (χ0) is 16.7. The van der Waals surface area contributed by atoms with Gasteiger partial charge in [-0.3, -0.25) is 4.79 Å². The normalized spacial score (nSPS) is 10.2. The van der Waals surface area contributed by atoms with Gasteiger partial charge in [0.15, 0.2) is 11.5 Å². The average molecular weight is 317 g/mol. The Bertz CT molecular complexity index is 673. The molecule has 0 aromatic heterocycles. The number of hydrogen-bond acceptors (Lipinski definition) is 3. The van der Waals surface area contributed by atoms with Gasteiger partial charge in [0.1, 0.15) is 5.82 Å². The topological polar surface area (TPSA) is 47.6 Å². The van der Waals surface area contributed by atoms with Gasteiger partial charge in [-0.2, -0.15) is 0 Å². The molecule has 2 aromatic rings. The van der Waals surface area contributed by atoms with Crippen LogP contribution < -0.4 is 14.8 Å². The second kappa shape index (κ2) is 8.17. The van der Waals surface area contributed by atoms with Gasteiger partial charge in [0.25, 0.3) is 0 Å². The van der Waals surface area contributed by atoms with Crippen molar-refractivity contribution in [2.75, 3.05) is 18.5 Å². The minimum atomic E-state index is -0.385. The van der Waals surface area contributed by atoms with E-state index in [-0.39, 0.29) is 18.1 Å². The fourth-order valence-electron chi connectivity index (χ4n) is 2.15. The number of amides is 1. The molecule has 0 saturated heterocycles. The molecular formula is C18H20FNO3. The molecule has 1 N–H and O–H groups in total. The van der Waals surface area contributed by atoms with Gasteiger partial charge in [0.05, 0.1) is 19.6 Å². The number of nitrogens with one attached hydrogen (secondary N) is 1. The number of carbonyl (C=O) groups excluding carboxylic acids is 1. The highest BCUT2D eigenvalue weighted by atomic mass is 19.1. The van der Waals surface area contributed by atoms with Crippen LogP contribution >= 0.6 is 0 Å². The van der Waals surface area contributed by atoms with Crippen LogP contribution in [0.1, 0.15) is 19.4 Å². The maximum absolute atomic E-state index is 13.6. The SMILES string of the molecule is CCOc1ccc(NC(=O)Cc2ccccc2F)cc1OCC. The van der Waals surface area contributed by atoms with Crippen molar-refractivity contribution in [3.63, 3.8) is 0 Å². The number of carbonyl (C=O) groups is 1. The van der Waals surface area contributed by atoms with Gasteiger partial charge < -0.3 is 14.8 Å². The standard InChI is InChI=1S/C18H20FNO3/c1-3-22-16-10-9-14(12-17(16)23-4-2)20-18(21)11-13-7-5-6-8-15(13)19/h5-10,12H,3-4,11H2,1-2H3,(H,20,21). The molecule has 4 nitrogen and oxygen atoms in total. The summed E-state index contributed by atoms with van der Waals surface area (Å²) >= 11 is 0. The summed E-state index contributed by atoms with van der Waals surface area (Å²) in [6, 6.07) is 11.4. The largest absolute Gasteiger partial charge is 0.490 e. The number of anilines is 1. The fourth-order valence-corrected chi connectivity index (χ4v) is 2.15. The Balaban J connectivity index is 2.08. The maximum atomic E-state index is 13.6. The van der Waals surface area contributed by atoms with Crippen molar-refractivity contribution in [1.82, 2.24) is 0 Å². The first kappa shape index (κ1) is 16.8. The monoisotopic (exact) mass is 317 g/mol. The van der Waals surface area contributed by atoms with Crippen LogP contribution in [-0.2, 0) is 11.2 Å². The Kier molecular flexibility index (Phi) is 5.97. The molecule has 0 heterocycles. The molecule has 0 aliphatic carbocycles. The van der Waals surface area contributed by atoms with E-state index in [4.69, 9.17) is 9.47 Å². The van der Waals surface area contributed by atoms with E-state index in [0.717, 1.165) is 0 Å². The summed E-state index contributed by atoms with van der Waals surface area (Å²) in [6.45, 7) is 4.78. The van der Waals surface area contributed by atoms with Crippen molar-refractivity contribution in [3.8, 4) is 11.5 Å². The zero-order valence-corrected chi connectivity index (χ0v) is 13.3. The molecule has 0 fully saturated rings. The first-order chi connectivity index (χ1) is 11.1. The predicted octanol–water partition coefficient (Wildman–Crippen LogP) is 3.80. The van der Waals surface area contributed by atoms with E-state index in [1.165, 1.54) is 6.07 Å². The molecule has 1 amide bonds. The molecule has 122 valence electrons. The van der Waals surface area contributed by atoms with E-state index in [0.29, 0.717) is 36.0 Å². The fraction of sp³-hybridized carbons (Fsp3) is 0.278. The first-order valence-corrected chi connectivity index (χ1v) is 7.57. The van der Waals surface area contributed by atoms with Crippen LogP contribution in [0.5, 0.6) is 11.5 Å². The highest BCUT2D eigenvalue weighted by Gasteiger charge is 2.10. The maximum Gasteiger partial charge on any atom is 0.228 e. The van der Waals surface area contributed by atoms with Gasteiger partial charge in [-0.05, 0) is 37.6 Å². The van der Waals surface area contributed by atoms with Crippen LogP contribution in [0.2, 0.25) is 0 Å². The molecule has 0 saturated carbocycles. The van der Waals surface area contributed by atoms with Crippen molar-refractivity contribution >= 4 is 11.6 Å². The van der Waals surface area contributed by atoms with Gasteiger partial charge in [0, 0.05) is 11.8 Å². The molecular weight excluding hydrogens is 297 g/mol. The number of ether oxygens (including phenoxy) is 2. The van der Waals surface area contributed by atoms with E-state index >= 15 is 0 Å². The van der Waals surface area contributed by atoms with E-state index in [1.54, 1.807) is 36.4 Å². The summed E-state index contributed by atoms with van der Waals surface area (Å²) in [6.07, 6.45) is -0.0240. The molecule has 0 aliphatic rings. The van der Waals surface area contributed by atoms with Gasteiger partial charge in [-0.1, -0.05) is 18.2 Å². The third kappa shape index (κ3) is 4.71. The van der Waals surface area contributed by atoms with Gasteiger partial charge >= 0.3 is 0 Å². The Morgan fingerprint density at radius 3 is 2.43 bits per heavy atom. The van der Waals surface area contributed by atoms with Crippen LogP contribution in [-0.4, -0.2) is 19.1 Å². The predicted molar refractivity (Wildman–Crippen MR) is 87.5 cm³/mol. The molecule has 0 radical (unpaired) electrons. The van der Waals surface area contributed by atoms with Crippen molar-refractivity contribution in [2.24, 2.45) is 0 Å². The first-order valence-electron chi connectivity index (χ1n) is 7.57. The van der Waals surface area contributed by atoms with Crippen LogP contribution in [0.3, 0.4) is 0 Å². The quantitative estimate of drug-likeness (QED) is 0.845. The summed E-state index contributed by atoms with van der Waals surface area (Å²) in [5, 5.41) is 2.74. The second-order valence-corrected chi connectivity index (χ2v) is 4.84. The summed E-state index contributed by atoms with van der Waals surface area (Å²) in [7, 11) is 0. The van der Waals surface area contributed by atoms with Crippen molar-refractivity contribution < 1.29 is 18.7 Å². The summed E-state index contributed by atoms with van der Waals surface area (Å²) in [5.74, 6) is 0.519. The number of rotatable bonds is 7. The van der Waals surface area contributed by atoms with E-state index in [9.17, 15) is 9.18 Å². The summed E-state index contributed by atoms with van der Waals surface area (Å²) in [5.41, 5.74) is 0.944. The van der Waals surface area contributed by atoms with Gasteiger partial charge in [-0.15, -0.1) is 0 Å². The highest BCUT2D eigenvalue weighted by molar-refractivity contribution is 5.92. The van der Waals surface area contributed by atoms with Crippen LogP contribution in [0.15, 0.2) is 42.5 Å². The Hall–Kier alpha value is -2.56. The third-order valence-electron chi connectivity index (χ3n) is 3.14. The van der Waals surface area contributed by atoms with Crippen molar-refractivity contribution in [2.45, 2.75) is 20.3 Å². The van der Waals surface area contributed by atoms with E-state index in [2.05, 4.69) is 5.32 Å². The molecule has 0 spiro atoms. The zero-order valence-electron chi connectivity index (χ0n) is 13.3. The lowest BCUT2D eigenvalue weighted by molar-refractivity contribution is -0.115. The van der Waals surface area contributed by atoms with E-state index in [1.807, 2.05) is 13.8 Å². The lowest BCUT2D eigenvalue weighted by Gasteiger charge is -2.13. The van der Waals surface area contributed by atoms with Gasteiger partial charge in [0.2, 0.25) is 5.91 Å². The molecule has 0 bridgehead atoms. The summed E-state index contributed by atoms with van der Waals surface area (Å²) < 4.78 is 24.6. The number of halogens is 1. The second-order valence-electron chi connectivity index (χ2n) is 4.84. The molecule has 0 aliphatic heterocycles. The molecule has 5 heteroatoms. The van der Waals surface area contributed by atoms with Crippen LogP contribution in [0.4, 0.5) is 10.1 Å². The third-order valence-corrected chi connectivity index (χ3v) is 3.14. The van der Waals surface area contributed by atoms with Crippen molar-refractivity contribution in [1.29, 1.82) is 0 Å². The molecule has 0 unspecified atom stereocenters. The number of benzene rings is 2. The van der Waals surface area contributed by atoms with Crippen molar-refractivity contribution in [3.05, 3.63) is 53.8 Å². The van der Waals surface area contributed by atoms with E-state index < -0.39 is 0 Å². The Labute approximate surface area is 135 Å². The lowest BCUT2D eigenvalue weighted by Crippen LogP contribution is -2.15. The minimum absolute atomic E-state index is 0.0240. The van der Waals surface area contributed by atoms with Crippen LogP contribution in [0, 0.1) is 5.82 Å². The smallest absolute Gasteiger partial charge is 0.228 e. The average Bonchev–Trinajstić information content (AvgIpc) is 2.52. The lowest BCUT2D eigenvalue weighted by atomic mass is 10.1. The molecule has 2 aromatic carbocycles. The Morgan fingerprint density at radius 2 is 1.74 bits per heavy atom. The minimum Gasteiger partial charge on any atom is -0.490 e. The number of hydrogen-bond donors (Lipinski definition) is 1.